The lowest BCUT2D eigenvalue weighted by Crippen LogP contribution is -2.36. The summed E-state index contributed by atoms with van der Waals surface area (Å²) in [6, 6.07) is 15.2. The first kappa shape index (κ1) is 17.0. The van der Waals surface area contributed by atoms with Gasteiger partial charge in [-0.15, -0.1) is 0 Å². The number of hydrogen-bond acceptors (Lipinski definition) is 3. The third kappa shape index (κ3) is 4.57. The van der Waals surface area contributed by atoms with Gasteiger partial charge in [0.25, 0.3) is 5.91 Å². The van der Waals surface area contributed by atoms with Crippen LogP contribution in [0.15, 0.2) is 48.5 Å². The van der Waals surface area contributed by atoms with Gasteiger partial charge < -0.3 is 10.1 Å². The van der Waals surface area contributed by atoms with Gasteiger partial charge in [-0.05, 0) is 35.4 Å². The Morgan fingerprint density at radius 3 is 2.42 bits per heavy atom. The molecule has 2 aromatic rings. The Balaban J connectivity index is 1.62. The monoisotopic (exact) mass is 344 g/mol. The summed E-state index contributed by atoms with van der Waals surface area (Å²) in [5.74, 6) is -0.0900. The van der Waals surface area contributed by atoms with Gasteiger partial charge in [0.2, 0.25) is 0 Å². The molecule has 1 amide bonds. The molecule has 0 bridgehead atoms. The van der Waals surface area contributed by atoms with Crippen LogP contribution in [0.25, 0.3) is 0 Å². The Bertz CT molecular complexity index is 682. The molecule has 3 rings (SSSR count). The predicted molar refractivity (Wildman–Crippen MR) is 95.2 cm³/mol. The van der Waals surface area contributed by atoms with Gasteiger partial charge in [0.1, 0.15) is 0 Å². The van der Waals surface area contributed by atoms with Crippen molar-refractivity contribution < 1.29 is 9.53 Å². The Hall–Kier alpha value is -1.88. The molecule has 1 saturated heterocycles. The van der Waals surface area contributed by atoms with Crippen LogP contribution < -0.4 is 5.32 Å². The van der Waals surface area contributed by atoms with E-state index in [1.807, 2.05) is 12.1 Å². The molecule has 0 aromatic heterocycles. The summed E-state index contributed by atoms with van der Waals surface area (Å²) in [5, 5.41) is 3.61. The molecule has 126 valence electrons. The molecule has 2 aromatic carbocycles. The average Bonchev–Trinajstić information content (AvgIpc) is 2.62. The van der Waals surface area contributed by atoms with Crippen LogP contribution in [0.1, 0.15) is 21.5 Å². The standard InChI is InChI=1S/C19H21ClN2O2/c20-18-7-5-15(6-8-18)19(23)21-13-16-3-1-2-4-17(16)14-22-9-11-24-12-10-22/h1-8H,9-14H2,(H,21,23). The fourth-order valence-corrected chi connectivity index (χ4v) is 2.89. The van der Waals surface area contributed by atoms with Gasteiger partial charge in [-0.25, -0.2) is 0 Å². The minimum Gasteiger partial charge on any atom is -0.379 e. The smallest absolute Gasteiger partial charge is 0.251 e. The molecule has 1 fully saturated rings. The number of carbonyl (C=O) groups excluding carboxylic acids is 1. The van der Waals surface area contributed by atoms with Crippen LogP contribution in [-0.4, -0.2) is 37.1 Å². The highest BCUT2D eigenvalue weighted by Crippen LogP contribution is 2.14. The van der Waals surface area contributed by atoms with Gasteiger partial charge >= 0.3 is 0 Å². The molecule has 1 N–H and O–H groups in total. The van der Waals surface area contributed by atoms with Crippen LogP contribution in [-0.2, 0) is 17.8 Å². The number of nitrogens with one attached hydrogen (secondary N) is 1. The quantitative estimate of drug-likeness (QED) is 0.906. The van der Waals surface area contributed by atoms with E-state index in [1.165, 1.54) is 5.56 Å². The van der Waals surface area contributed by atoms with E-state index in [0.29, 0.717) is 17.1 Å². The third-order valence-corrected chi connectivity index (χ3v) is 4.41. The summed E-state index contributed by atoms with van der Waals surface area (Å²) in [7, 11) is 0. The van der Waals surface area contributed by atoms with Crippen molar-refractivity contribution in [3.8, 4) is 0 Å². The molecular weight excluding hydrogens is 324 g/mol. The molecule has 0 saturated carbocycles. The summed E-state index contributed by atoms with van der Waals surface area (Å²) >= 11 is 5.86. The number of morpholine rings is 1. The maximum atomic E-state index is 12.2. The van der Waals surface area contributed by atoms with Crippen molar-refractivity contribution in [1.82, 2.24) is 10.2 Å². The number of hydrogen-bond donors (Lipinski definition) is 1. The van der Waals surface area contributed by atoms with Crippen molar-refractivity contribution in [1.29, 1.82) is 0 Å². The number of carbonyl (C=O) groups is 1. The lowest BCUT2D eigenvalue weighted by molar-refractivity contribution is 0.0340. The molecule has 0 unspecified atom stereocenters. The number of rotatable bonds is 5. The molecule has 24 heavy (non-hydrogen) atoms. The molecule has 1 aliphatic rings. The van der Waals surface area contributed by atoms with Crippen molar-refractivity contribution in [3.05, 3.63) is 70.2 Å². The summed E-state index contributed by atoms with van der Waals surface area (Å²) in [6.45, 7) is 4.88. The SMILES string of the molecule is O=C(NCc1ccccc1CN1CCOCC1)c1ccc(Cl)cc1. The van der Waals surface area contributed by atoms with E-state index < -0.39 is 0 Å². The number of nitrogens with zero attached hydrogens (tertiary/aromatic N) is 1. The van der Waals surface area contributed by atoms with E-state index in [4.69, 9.17) is 16.3 Å². The van der Waals surface area contributed by atoms with Crippen molar-refractivity contribution >= 4 is 17.5 Å². The van der Waals surface area contributed by atoms with E-state index in [-0.39, 0.29) is 5.91 Å². The second kappa shape index (κ2) is 8.29. The Labute approximate surface area is 147 Å². The van der Waals surface area contributed by atoms with E-state index in [0.717, 1.165) is 38.4 Å². The summed E-state index contributed by atoms with van der Waals surface area (Å²) in [6.07, 6.45) is 0. The highest BCUT2D eigenvalue weighted by Gasteiger charge is 2.13. The van der Waals surface area contributed by atoms with Crippen LogP contribution in [0.2, 0.25) is 5.02 Å². The maximum Gasteiger partial charge on any atom is 0.251 e. The molecule has 4 nitrogen and oxygen atoms in total. The first-order valence-electron chi connectivity index (χ1n) is 8.13. The van der Waals surface area contributed by atoms with Crippen molar-refractivity contribution in [3.63, 3.8) is 0 Å². The average molecular weight is 345 g/mol. The van der Waals surface area contributed by atoms with E-state index in [2.05, 4.69) is 22.3 Å². The zero-order valence-corrected chi connectivity index (χ0v) is 14.3. The number of ether oxygens (including phenoxy) is 1. The summed E-state index contributed by atoms with van der Waals surface area (Å²) < 4.78 is 5.40. The van der Waals surface area contributed by atoms with Gasteiger partial charge in [0, 0.05) is 36.8 Å². The van der Waals surface area contributed by atoms with Gasteiger partial charge in [0.05, 0.1) is 13.2 Å². The van der Waals surface area contributed by atoms with E-state index in [1.54, 1.807) is 24.3 Å². The second-order valence-electron chi connectivity index (χ2n) is 5.85. The minimum absolute atomic E-state index is 0.0900. The Kier molecular flexibility index (Phi) is 5.86. The largest absolute Gasteiger partial charge is 0.379 e. The predicted octanol–water partition coefficient (Wildman–Crippen LogP) is 3.10. The van der Waals surface area contributed by atoms with E-state index >= 15 is 0 Å². The third-order valence-electron chi connectivity index (χ3n) is 4.16. The van der Waals surface area contributed by atoms with Crippen molar-refractivity contribution in [2.45, 2.75) is 13.1 Å². The van der Waals surface area contributed by atoms with Crippen LogP contribution in [0.4, 0.5) is 0 Å². The fourth-order valence-electron chi connectivity index (χ4n) is 2.76. The molecule has 1 heterocycles. The van der Waals surface area contributed by atoms with Crippen LogP contribution in [0.5, 0.6) is 0 Å². The van der Waals surface area contributed by atoms with Crippen LogP contribution >= 0.6 is 11.6 Å². The second-order valence-corrected chi connectivity index (χ2v) is 6.28. The zero-order valence-electron chi connectivity index (χ0n) is 13.5. The summed E-state index contributed by atoms with van der Waals surface area (Å²) in [5.41, 5.74) is 3.01. The van der Waals surface area contributed by atoms with Crippen LogP contribution in [0, 0.1) is 0 Å². The lowest BCUT2D eigenvalue weighted by Gasteiger charge is -2.27. The first-order chi connectivity index (χ1) is 11.7. The normalized spacial score (nSPS) is 15.2. The van der Waals surface area contributed by atoms with Crippen molar-refractivity contribution in [2.24, 2.45) is 0 Å². The molecule has 0 spiro atoms. The molecule has 0 aliphatic carbocycles. The van der Waals surface area contributed by atoms with Crippen molar-refractivity contribution in [2.75, 3.05) is 26.3 Å². The number of amides is 1. The first-order valence-corrected chi connectivity index (χ1v) is 8.51. The number of halogens is 1. The molecule has 0 radical (unpaired) electrons. The molecule has 0 atom stereocenters. The molecule has 5 heteroatoms. The summed E-state index contributed by atoms with van der Waals surface area (Å²) in [4.78, 5) is 14.6. The van der Waals surface area contributed by atoms with Gasteiger partial charge in [0.15, 0.2) is 0 Å². The topological polar surface area (TPSA) is 41.6 Å². The highest BCUT2D eigenvalue weighted by atomic mass is 35.5. The highest BCUT2D eigenvalue weighted by molar-refractivity contribution is 6.30. The van der Waals surface area contributed by atoms with Crippen LogP contribution in [0.3, 0.4) is 0 Å². The van der Waals surface area contributed by atoms with Gasteiger partial charge in [-0.1, -0.05) is 35.9 Å². The minimum atomic E-state index is -0.0900. The van der Waals surface area contributed by atoms with E-state index in [9.17, 15) is 4.79 Å². The molecular formula is C19H21ClN2O2. The Morgan fingerprint density at radius 1 is 1.04 bits per heavy atom. The molecule has 1 aliphatic heterocycles. The fraction of sp³-hybridized carbons (Fsp3) is 0.316. The number of benzene rings is 2. The van der Waals surface area contributed by atoms with Gasteiger partial charge in [-0.3, -0.25) is 9.69 Å². The maximum absolute atomic E-state index is 12.2. The van der Waals surface area contributed by atoms with Gasteiger partial charge in [-0.2, -0.15) is 0 Å². The zero-order chi connectivity index (χ0) is 16.8. The lowest BCUT2D eigenvalue weighted by atomic mass is 10.1. The Morgan fingerprint density at radius 2 is 1.71 bits per heavy atom.